The average Bonchev–Trinajstić information content (AvgIpc) is 3.05. The van der Waals surface area contributed by atoms with Crippen molar-refractivity contribution in [2.45, 2.75) is 57.9 Å². The van der Waals surface area contributed by atoms with Crippen molar-refractivity contribution < 1.29 is 4.79 Å². The first-order valence-corrected chi connectivity index (χ1v) is 8.74. The van der Waals surface area contributed by atoms with Crippen LogP contribution in [-0.2, 0) is 0 Å². The highest BCUT2D eigenvalue weighted by atomic mass is 16.2. The predicted molar refractivity (Wildman–Crippen MR) is 87.0 cm³/mol. The number of rotatable bonds is 3. The maximum Gasteiger partial charge on any atom is 0.274 e. The molecule has 122 valence electrons. The Morgan fingerprint density at radius 1 is 1.18 bits per heavy atom. The molecule has 1 aromatic rings. The molecule has 0 bridgehead atoms. The lowest BCUT2D eigenvalue weighted by atomic mass is 9.99. The van der Waals surface area contributed by atoms with Gasteiger partial charge in [0.25, 0.3) is 5.91 Å². The van der Waals surface area contributed by atoms with Gasteiger partial charge in [0.15, 0.2) is 0 Å². The van der Waals surface area contributed by atoms with Gasteiger partial charge in [0.1, 0.15) is 5.69 Å². The summed E-state index contributed by atoms with van der Waals surface area (Å²) in [6.07, 6.45) is 6.26. The quantitative estimate of drug-likeness (QED) is 0.934. The molecule has 2 saturated heterocycles. The Labute approximate surface area is 133 Å². The standard InChI is InChI=1S/C17H28N4O/c1-13(2)15-12-16(19-18-15)17(22)21-10-6-14(7-11-21)20-8-4-3-5-9-20/h12-14H,3-11H2,1-2H3,(H,18,19). The van der Waals surface area contributed by atoms with Gasteiger partial charge < -0.3 is 9.80 Å². The Hall–Kier alpha value is -1.36. The predicted octanol–water partition coefficient (Wildman–Crippen LogP) is 2.62. The third-order valence-electron chi connectivity index (χ3n) is 5.10. The number of likely N-dealkylation sites (tertiary alicyclic amines) is 2. The van der Waals surface area contributed by atoms with Gasteiger partial charge in [0.2, 0.25) is 0 Å². The molecule has 3 rings (SSSR count). The van der Waals surface area contributed by atoms with E-state index in [1.807, 2.05) is 11.0 Å². The van der Waals surface area contributed by atoms with Crippen molar-refractivity contribution in [3.63, 3.8) is 0 Å². The first-order valence-electron chi connectivity index (χ1n) is 8.74. The molecule has 2 fully saturated rings. The maximum atomic E-state index is 12.5. The Balaban J connectivity index is 1.54. The molecule has 0 aromatic carbocycles. The van der Waals surface area contributed by atoms with E-state index in [9.17, 15) is 4.79 Å². The van der Waals surface area contributed by atoms with Crippen molar-refractivity contribution in [2.75, 3.05) is 26.2 Å². The second-order valence-corrected chi connectivity index (χ2v) is 6.98. The Morgan fingerprint density at radius 2 is 1.86 bits per heavy atom. The van der Waals surface area contributed by atoms with E-state index in [1.165, 1.54) is 32.4 Å². The van der Waals surface area contributed by atoms with Crippen molar-refractivity contribution in [2.24, 2.45) is 0 Å². The second kappa shape index (κ2) is 6.82. The van der Waals surface area contributed by atoms with Crippen LogP contribution in [0.3, 0.4) is 0 Å². The van der Waals surface area contributed by atoms with Gasteiger partial charge in [-0.3, -0.25) is 9.89 Å². The van der Waals surface area contributed by atoms with Gasteiger partial charge in [-0.05, 0) is 50.8 Å². The molecule has 2 aliphatic heterocycles. The summed E-state index contributed by atoms with van der Waals surface area (Å²) in [4.78, 5) is 17.2. The molecule has 0 aliphatic carbocycles. The van der Waals surface area contributed by atoms with Gasteiger partial charge >= 0.3 is 0 Å². The van der Waals surface area contributed by atoms with Crippen molar-refractivity contribution in [3.8, 4) is 0 Å². The highest BCUT2D eigenvalue weighted by Gasteiger charge is 2.28. The van der Waals surface area contributed by atoms with Crippen LogP contribution in [0.2, 0.25) is 0 Å². The highest BCUT2D eigenvalue weighted by molar-refractivity contribution is 5.92. The van der Waals surface area contributed by atoms with E-state index in [0.717, 1.165) is 31.6 Å². The zero-order valence-electron chi connectivity index (χ0n) is 13.8. The molecule has 5 heteroatoms. The van der Waals surface area contributed by atoms with E-state index in [1.54, 1.807) is 0 Å². The number of nitrogens with zero attached hydrogens (tertiary/aromatic N) is 3. The summed E-state index contributed by atoms with van der Waals surface area (Å²) in [5, 5.41) is 7.17. The molecule has 1 amide bonds. The van der Waals surface area contributed by atoms with Crippen LogP contribution in [0.1, 0.15) is 68.1 Å². The zero-order valence-corrected chi connectivity index (χ0v) is 13.8. The number of nitrogens with one attached hydrogen (secondary N) is 1. The van der Waals surface area contributed by atoms with Crippen molar-refractivity contribution in [3.05, 3.63) is 17.5 Å². The van der Waals surface area contributed by atoms with Crippen LogP contribution in [0.4, 0.5) is 0 Å². The van der Waals surface area contributed by atoms with E-state index >= 15 is 0 Å². The van der Waals surface area contributed by atoms with Gasteiger partial charge in [-0.15, -0.1) is 0 Å². The number of H-pyrrole nitrogens is 1. The third-order valence-corrected chi connectivity index (χ3v) is 5.10. The summed E-state index contributed by atoms with van der Waals surface area (Å²) in [7, 11) is 0. The SMILES string of the molecule is CC(C)c1cc(C(=O)N2CCC(N3CCCCC3)CC2)n[nH]1. The fourth-order valence-electron chi connectivity index (χ4n) is 3.62. The largest absolute Gasteiger partial charge is 0.337 e. The van der Waals surface area contributed by atoms with Gasteiger partial charge in [-0.2, -0.15) is 5.10 Å². The van der Waals surface area contributed by atoms with Gasteiger partial charge in [0, 0.05) is 24.8 Å². The van der Waals surface area contributed by atoms with Crippen LogP contribution < -0.4 is 0 Å². The number of piperidine rings is 2. The summed E-state index contributed by atoms with van der Waals surface area (Å²) in [6.45, 7) is 8.43. The summed E-state index contributed by atoms with van der Waals surface area (Å²) >= 11 is 0. The molecule has 22 heavy (non-hydrogen) atoms. The Morgan fingerprint density at radius 3 is 2.45 bits per heavy atom. The van der Waals surface area contributed by atoms with E-state index in [2.05, 4.69) is 28.9 Å². The normalized spacial score (nSPS) is 21.5. The third kappa shape index (κ3) is 3.35. The number of hydrogen-bond acceptors (Lipinski definition) is 3. The van der Waals surface area contributed by atoms with Gasteiger partial charge in [-0.25, -0.2) is 0 Å². The first kappa shape index (κ1) is 15.5. The molecule has 0 spiro atoms. The molecular weight excluding hydrogens is 276 g/mol. The number of hydrogen-bond donors (Lipinski definition) is 1. The van der Waals surface area contributed by atoms with Crippen LogP contribution in [0.15, 0.2) is 6.07 Å². The molecule has 0 unspecified atom stereocenters. The lowest BCUT2D eigenvalue weighted by Crippen LogP contribution is -2.48. The minimum atomic E-state index is 0.0836. The van der Waals surface area contributed by atoms with Crippen LogP contribution in [0.25, 0.3) is 0 Å². The van der Waals surface area contributed by atoms with Crippen molar-refractivity contribution in [1.82, 2.24) is 20.0 Å². The molecule has 1 aromatic heterocycles. The van der Waals surface area contributed by atoms with Crippen molar-refractivity contribution in [1.29, 1.82) is 0 Å². The Bertz CT molecular complexity index is 497. The van der Waals surface area contributed by atoms with Gasteiger partial charge in [0.05, 0.1) is 0 Å². The lowest BCUT2D eigenvalue weighted by molar-refractivity contribution is 0.0585. The topological polar surface area (TPSA) is 52.2 Å². The van der Waals surface area contributed by atoms with Crippen LogP contribution in [-0.4, -0.2) is 58.1 Å². The Kier molecular flexibility index (Phi) is 4.81. The smallest absolute Gasteiger partial charge is 0.274 e. The maximum absolute atomic E-state index is 12.5. The molecular formula is C17H28N4O. The number of aromatic nitrogens is 2. The molecule has 5 nitrogen and oxygen atoms in total. The minimum absolute atomic E-state index is 0.0836. The zero-order chi connectivity index (χ0) is 15.5. The second-order valence-electron chi connectivity index (χ2n) is 6.98. The lowest BCUT2D eigenvalue weighted by Gasteiger charge is -2.40. The number of amides is 1. The molecule has 0 atom stereocenters. The summed E-state index contributed by atoms with van der Waals surface area (Å²) < 4.78 is 0. The fraction of sp³-hybridized carbons (Fsp3) is 0.765. The summed E-state index contributed by atoms with van der Waals surface area (Å²) in [5.41, 5.74) is 1.60. The van der Waals surface area contributed by atoms with Crippen molar-refractivity contribution >= 4 is 5.91 Å². The molecule has 3 heterocycles. The number of carbonyl (C=O) groups excluding carboxylic acids is 1. The first-order chi connectivity index (χ1) is 10.6. The van der Waals surface area contributed by atoms with Crippen LogP contribution >= 0.6 is 0 Å². The monoisotopic (exact) mass is 304 g/mol. The summed E-state index contributed by atoms with van der Waals surface area (Å²) in [5.74, 6) is 0.458. The van der Waals surface area contributed by atoms with E-state index in [-0.39, 0.29) is 5.91 Å². The van der Waals surface area contributed by atoms with Gasteiger partial charge in [-0.1, -0.05) is 20.3 Å². The fourth-order valence-corrected chi connectivity index (χ4v) is 3.62. The average molecular weight is 304 g/mol. The molecule has 0 radical (unpaired) electrons. The van der Waals surface area contributed by atoms with Crippen LogP contribution in [0.5, 0.6) is 0 Å². The minimum Gasteiger partial charge on any atom is -0.337 e. The number of carbonyl (C=O) groups is 1. The van der Waals surface area contributed by atoms with E-state index in [0.29, 0.717) is 17.7 Å². The molecule has 2 aliphatic rings. The number of aromatic amines is 1. The highest BCUT2D eigenvalue weighted by Crippen LogP contribution is 2.22. The molecule has 0 saturated carbocycles. The molecule has 1 N–H and O–H groups in total. The van der Waals surface area contributed by atoms with E-state index < -0.39 is 0 Å². The summed E-state index contributed by atoms with van der Waals surface area (Å²) in [6, 6.07) is 2.58. The van der Waals surface area contributed by atoms with E-state index in [4.69, 9.17) is 0 Å². The van der Waals surface area contributed by atoms with Crippen LogP contribution in [0, 0.1) is 0 Å².